The fourth-order valence-corrected chi connectivity index (χ4v) is 2.68. The highest BCUT2D eigenvalue weighted by atomic mass is 19.1. The van der Waals surface area contributed by atoms with Crippen LogP contribution in [0.1, 0.15) is 38.7 Å². The van der Waals surface area contributed by atoms with Crippen LogP contribution in [0, 0.1) is 5.82 Å². The first-order valence-electron chi connectivity index (χ1n) is 6.63. The van der Waals surface area contributed by atoms with Crippen LogP contribution in [0.2, 0.25) is 0 Å². The fourth-order valence-electron chi connectivity index (χ4n) is 2.68. The second-order valence-electron chi connectivity index (χ2n) is 5.46. The van der Waals surface area contributed by atoms with Crippen LogP contribution in [0.15, 0.2) is 18.2 Å². The molecule has 4 heteroatoms. The van der Waals surface area contributed by atoms with Crippen LogP contribution < -0.4 is 4.74 Å². The van der Waals surface area contributed by atoms with Gasteiger partial charge in [-0.1, -0.05) is 6.92 Å². The molecule has 2 unspecified atom stereocenters. The van der Waals surface area contributed by atoms with Crippen molar-refractivity contribution in [1.29, 1.82) is 0 Å². The molecule has 1 aromatic rings. The van der Waals surface area contributed by atoms with E-state index < -0.39 is 17.0 Å². The predicted octanol–water partition coefficient (Wildman–Crippen LogP) is 3.00. The zero-order valence-electron chi connectivity index (χ0n) is 11.7. The van der Waals surface area contributed by atoms with Gasteiger partial charge in [0.1, 0.15) is 11.6 Å². The van der Waals surface area contributed by atoms with E-state index in [4.69, 9.17) is 9.47 Å². The third-order valence-electron chi connectivity index (χ3n) is 4.06. The lowest BCUT2D eigenvalue weighted by atomic mass is 9.77. The molecule has 0 radical (unpaired) electrons. The number of benzene rings is 1. The molecule has 0 aromatic heterocycles. The summed E-state index contributed by atoms with van der Waals surface area (Å²) in [5.74, 6) is 0.0253. The first kappa shape index (κ1) is 14.3. The van der Waals surface area contributed by atoms with Gasteiger partial charge in [-0.15, -0.1) is 0 Å². The van der Waals surface area contributed by atoms with Crippen molar-refractivity contribution in [3.8, 4) is 5.75 Å². The largest absolute Gasteiger partial charge is 0.497 e. The maximum Gasteiger partial charge on any atom is 0.132 e. The molecule has 3 nitrogen and oxygen atoms in total. The number of hydrogen-bond donors (Lipinski definition) is 1. The van der Waals surface area contributed by atoms with Gasteiger partial charge in [0, 0.05) is 24.5 Å². The Kier molecular flexibility index (Phi) is 3.83. The van der Waals surface area contributed by atoms with Gasteiger partial charge in [0.15, 0.2) is 0 Å². The molecule has 0 bridgehead atoms. The van der Waals surface area contributed by atoms with E-state index in [1.165, 1.54) is 13.2 Å². The van der Waals surface area contributed by atoms with E-state index in [0.717, 1.165) is 6.42 Å². The Bertz CT molecular complexity index is 463. The zero-order chi connectivity index (χ0) is 14.1. The number of methoxy groups -OCH3 is 1. The van der Waals surface area contributed by atoms with Crippen molar-refractivity contribution in [3.63, 3.8) is 0 Å². The Morgan fingerprint density at radius 3 is 2.79 bits per heavy atom. The van der Waals surface area contributed by atoms with Crippen molar-refractivity contribution in [3.05, 3.63) is 29.6 Å². The molecule has 0 spiro atoms. The Hall–Kier alpha value is -1.13. The SMILES string of the molecule is CCC1(C)CC(O)(c2ccc(OC)cc2F)CCO1. The number of halogens is 1. The van der Waals surface area contributed by atoms with Gasteiger partial charge < -0.3 is 14.6 Å². The van der Waals surface area contributed by atoms with E-state index >= 15 is 0 Å². The van der Waals surface area contributed by atoms with E-state index in [9.17, 15) is 9.50 Å². The monoisotopic (exact) mass is 268 g/mol. The van der Waals surface area contributed by atoms with Crippen LogP contribution >= 0.6 is 0 Å². The third-order valence-corrected chi connectivity index (χ3v) is 4.06. The highest BCUT2D eigenvalue weighted by Crippen LogP contribution is 2.42. The summed E-state index contributed by atoms with van der Waals surface area (Å²) in [4.78, 5) is 0. The second kappa shape index (κ2) is 5.10. The second-order valence-corrected chi connectivity index (χ2v) is 5.46. The maximum absolute atomic E-state index is 14.1. The van der Waals surface area contributed by atoms with Gasteiger partial charge >= 0.3 is 0 Å². The lowest BCUT2D eigenvalue weighted by molar-refractivity contribution is -0.158. The standard InChI is InChI=1S/C15H21FO3/c1-4-14(2)10-15(17,7-8-19-14)12-6-5-11(18-3)9-13(12)16/h5-6,9,17H,4,7-8,10H2,1-3H3. The summed E-state index contributed by atoms with van der Waals surface area (Å²) < 4.78 is 24.8. The molecular formula is C15H21FO3. The summed E-state index contributed by atoms with van der Waals surface area (Å²) in [6.45, 7) is 4.40. The molecular weight excluding hydrogens is 247 g/mol. The molecule has 2 rings (SSSR count). The molecule has 0 aliphatic carbocycles. The Labute approximate surface area is 113 Å². The summed E-state index contributed by atoms with van der Waals surface area (Å²) in [6.07, 6.45) is 1.60. The predicted molar refractivity (Wildman–Crippen MR) is 70.7 cm³/mol. The van der Waals surface area contributed by atoms with Crippen molar-refractivity contribution in [2.75, 3.05) is 13.7 Å². The molecule has 1 aliphatic heterocycles. The minimum absolute atomic E-state index is 0.330. The van der Waals surface area contributed by atoms with Crippen LogP contribution in [-0.2, 0) is 10.3 Å². The molecule has 19 heavy (non-hydrogen) atoms. The minimum Gasteiger partial charge on any atom is -0.497 e. The van der Waals surface area contributed by atoms with Gasteiger partial charge in [-0.3, -0.25) is 0 Å². The lowest BCUT2D eigenvalue weighted by Crippen LogP contribution is -2.45. The smallest absolute Gasteiger partial charge is 0.132 e. The summed E-state index contributed by atoms with van der Waals surface area (Å²) in [6, 6.07) is 4.59. The van der Waals surface area contributed by atoms with Crippen LogP contribution in [0.3, 0.4) is 0 Å². The van der Waals surface area contributed by atoms with Gasteiger partial charge in [-0.25, -0.2) is 4.39 Å². The number of hydrogen-bond acceptors (Lipinski definition) is 3. The zero-order valence-corrected chi connectivity index (χ0v) is 11.7. The third kappa shape index (κ3) is 2.74. The number of aliphatic hydroxyl groups is 1. The summed E-state index contributed by atoms with van der Waals surface area (Å²) in [7, 11) is 1.49. The van der Waals surface area contributed by atoms with Crippen molar-refractivity contribution in [2.24, 2.45) is 0 Å². The number of rotatable bonds is 3. The fraction of sp³-hybridized carbons (Fsp3) is 0.600. The molecule has 1 N–H and O–H groups in total. The molecule has 1 aromatic carbocycles. The molecule has 1 fully saturated rings. The van der Waals surface area contributed by atoms with Gasteiger partial charge in [0.2, 0.25) is 0 Å². The molecule has 2 atom stereocenters. The van der Waals surface area contributed by atoms with E-state index in [1.54, 1.807) is 12.1 Å². The van der Waals surface area contributed by atoms with Crippen molar-refractivity contribution < 1.29 is 19.0 Å². The highest BCUT2D eigenvalue weighted by molar-refractivity contribution is 5.33. The average molecular weight is 268 g/mol. The molecule has 0 saturated carbocycles. The summed E-state index contributed by atoms with van der Waals surface area (Å²) in [5.41, 5.74) is -1.24. The Morgan fingerprint density at radius 2 is 2.21 bits per heavy atom. The maximum atomic E-state index is 14.1. The van der Waals surface area contributed by atoms with Crippen LogP contribution in [0.5, 0.6) is 5.75 Å². The normalized spacial score (nSPS) is 31.2. The van der Waals surface area contributed by atoms with E-state index in [2.05, 4.69) is 0 Å². The van der Waals surface area contributed by atoms with Gasteiger partial charge in [-0.05, 0) is 25.5 Å². The van der Waals surface area contributed by atoms with Gasteiger partial charge in [0.25, 0.3) is 0 Å². The summed E-state index contributed by atoms with van der Waals surface area (Å²) >= 11 is 0. The highest BCUT2D eigenvalue weighted by Gasteiger charge is 2.43. The lowest BCUT2D eigenvalue weighted by Gasteiger charge is -2.43. The first-order chi connectivity index (χ1) is 8.92. The van der Waals surface area contributed by atoms with E-state index in [1.807, 2.05) is 13.8 Å². The molecule has 0 amide bonds. The topological polar surface area (TPSA) is 38.7 Å². The van der Waals surface area contributed by atoms with Crippen LogP contribution in [0.4, 0.5) is 4.39 Å². The number of ether oxygens (including phenoxy) is 2. The first-order valence-corrected chi connectivity index (χ1v) is 6.63. The minimum atomic E-state index is -1.17. The van der Waals surface area contributed by atoms with Gasteiger partial charge in [-0.2, -0.15) is 0 Å². The Morgan fingerprint density at radius 1 is 1.47 bits per heavy atom. The van der Waals surface area contributed by atoms with E-state index in [0.29, 0.717) is 30.8 Å². The van der Waals surface area contributed by atoms with Gasteiger partial charge in [0.05, 0.1) is 24.9 Å². The molecule has 106 valence electrons. The van der Waals surface area contributed by atoms with Crippen molar-refractivity contribution >= 4 is 0 Å². The quantitative estimate of drug-likeness (QED) is 0.916. The molecule has 1 heterocycles. The molecule has 1 aliphatic rings. The van der Waals surface area contributed by atoms with Crippen molar-refractivity contribution in [1.82, 2.24) is 0 Å². The molecule has 1 saturated heterocycles. The van der Waals surface area contributed by atoms with Crippen LogP contribution in [-0.4, -0.2) is 24.4 Å². The average Bonchev–Trinajstić information content (AvgIpc) is 2.38. The van der Waals surface area contributed by atoms with E-state index in [-0.39, 0.29) is 0 Å². The Balaban J connectivity index is 2.34. The summed E-state index contributed by atoms with van der Waals surface area (Å²) in [5, 5.41) is 10.8. The van der Waals surface area contributed by atoms with Crippen molar-refractivity contribution in [2.45, 2.75) is 44.3 Å². The van der Waals surface area contributed by atoms with Crippen LogP contribution in [0.25, 0.3) is 0 Å².